The Morgan fingerprint density at radius 2 is 1.82 bits per heavy atom. The second-order valence-electron chi connectivity index (χ2n) is 8.37. The van der Waals surface area contributed by atoms with Crippen LogP contribution in [0.15, 0.2) is 48.7 Å². The predicted octanol–water partition coefficient (Wildman–Crippen LogP) is 4.23. The third-order valence-electron chi connectivity index (χ3n) is 5.79. The van der Waals surface area contributed by atoms with Crippen molar-refractivity contribution in [1.82, 2.24) is 9.78 Å². The minimum absolute atomic E-state index is 0.251. The maximum atomic E-state index is 13.1. The first-order chi connectivity index (χ1) is 15.7. The van der Waals surface area contributed by atoms with E-state index in [1.807, 2.05) is 12.1 Å². The Labute approximate surface area is 193 Å². The SMILES string of the molecule is COc1cc(N2Cc3cn(-c4ccc(Cl)cc4)nc3C2=O)ccc1OCC1(O)CC(F)(F)C1. The summed E-state index contributed by atoms with van der Waals surface area (Å²) >= 11 is 5.93. The van der Waals surface area contributed by atoms with Gasteiger partial charge in [0.25, 0.3) is 11.8 Å². The molecule has 2 aliphatic rings. The summed E-state index contributed by atoms with van der Waals surface area (Å²) < 4.78 is 38.8. The van der Waals surface area contributed by atoms with Gasteiger partial charge in [0, 0.05) is 41.4 Å². The van der Waals surface area contributed by atoms with Gasteiger partial charge >= 0.3 is 0 Å². The molecule has 0 unspecified atom stereocenters. The fourth-order valence-electron chi connectivity index (χ4n) is 4.18. The zero-order chi connectivity index (χ0) is 23.4. The van der Waals surface area contributed by atoms with Gasteiger partial charge in [-0.1, -0.05) is 11.6 Å². The first-order valence-electron chi connectivity index (χ1n) is 10.2. The van der Waals surface area contributed by atoms with Gasteiger partial charge in [-0.25, -0.2) is 13.5 Å². The number of hydrogen-bond acceptors (Lipinski definition) is 5. The van der Waals surface area contributed by atoms with Crippen molar-refractivity contribution in [2.75, 3.05) is 18.6 Å². The highest BCUT2D eigenvalue weighted by molar-refractivity contribution is 6.30. The van der Waals surface area contributed by atoms with Gasteiger partial charge in [-0.05, 0) is 36.4 Å². The first kappa shape index (κ1) is 21.7. The van der Waals surface area contributed by atoms with Crippen LogP contribution in [0.4, 0.5) is 14.5 Å². The molecule has 1 aliphatic heterocycles. The molecule has 10 heteroatoms. The number of fused-ring (bicyclic) bond motifs is 1. The topological polar surface area (TPSA) is 76.8 Å². The van der Waals surface area contributed by atoms with Crippen LogP contribution in [0.25, 0.3) is 5.69 Å². The number of benzene rings is 2. The number of ether oxygens (including phenoxy) is 2. The van der Waals surface area contributed by atoms with E-state index >= 15 is 0 Å². The Hall–Kier alpha value is -3.17. The summed E-state index contributed by atoms with van der Waals surface area (Å²) in [6.07, 6.45) is 0.542. The summed E-state index contributed by atoms with van der Waals surface area (Å²) in [6.45, 7) is 0.0606. The normalized spacial score (nSPS) is 18.1. The van der Waals surface area contributed by atoms with Gasteiger partial charge in [0.15, 0.2) is 17.2 Å². The van der Waals surface area contributed by atoms with Crippen LogP contribution < -0.4 is 14.4 Å². The molecule has 1 aliphatic carbocycles. The molecule has 1 fully saturated rings. The van der Waals surface area contributed by atoms with Crippen LogP contribution in [-0.4, -0.2) is 46.0 Å². The fourth-order valence-corrected chi connectivity index (χ4v) is 4.30. The van der Waals surface area contributed by atoms with Gasteiger partial charge < -0.3 is 19.5 Å². The lowest BCUT2D eigenvalue weighted by Crippen LogP contribution is -2.55. The number of methoxy groups -OCH3 is 1. The maximum Gasteiger partial charge on any atom is 0.279 e. The molecular formula is C23H20ClF2N3O4. The minimum Gasteiger partial charge on any atom is -0.493 e. The first-order valence-corrected chi connectivity index (χ1v) is 10.6. The molecule has 7 nitrogen and oxygen atoms in total. The van der Waals surface area contributed by atoms with Crippen molar-refractivity contribution in [3.63, 3.8) is 0 Å². The van der Waals surface area contributed by atoms with Crippen LogP contribution >= 0.6 is 11.6 Å². The van der Waals surface area contributed by atoms with Gasteiger partial charge in [-0.15, -0.1) is 0 Å². The van der Waals surface area contributed by atoms with E-state index < -0.39 is 24.4 Å². The van der Waals surface area contributed by atoms with E-state index in [1.165, 1.54) is 7.11 Å². The summed E-state index contributed by atoms with van der Waals surface area (Å²) in [5.41, 5.74) is 0.951. The molecule has 1 N–H and O–H groups in total. The van der Waals surface area contributed by atoms with Gasteiger partial charge in [0.1, 0.15) is 12.2 Å². The molecule has 1 aromatic heterocycles. The average Bonchev–Trinajstić information content (AvgIpc) is 3.31. The van der Waals surface area contributed by atoms with E-state index in [1.54, 1.807) is 46.1 Å². The molecule has 33 heavy (non-hydrogen) atoms. The summed E-state index contributed by atoms with van der Waals surface area (Å²) in [7, 11) is 1.44. The molecule has 0 atom stereocenters. The van der Waals surface area contributed by atoms with Crippen LogP contribution in [0.5, 0.6) is 11.5 Å². The van der Waals surface area contributed by atoms with Crippen LogP contribution in [0, 0.1) is 0 Å². The fraction of sp³-hybridized carbons (Fsp3) is 0.304. The number of rotatable bonds is 6. The van der Waals surface area contributed by atoms with Crippen LogP contribution in [0.3, 0.4) is 0 Å². The van der Waals surface area contributed by atoms with Gasteiger partial charge in [0.05, 0.1) is 19.3 Å². The zero-order valence-electron chi connectivity index (χ0n) is 17.6. The van der Waals surface area contributed by atoms with E-state index in [4.69, 9.17) is 21.1 Å². The summed E-state index contributed by atoms with van der Waals surface area (Å²) in [5.74, 6) is -2.49. The summed E-state index contributed by atoms with van der Waals surface area (Å²) in [5, 5.41) is 15.2. The van der Waals surface area contributed by atoms with Gasteiger partial charge in [-0.2, -0.15) is 5.10 Å². The third-order valence-corrected chi connectivity index (χ3v) is 6.04. The Kier molecular flexibility index (Phi) is 5.06. The van der Waals surface area contributed by atoms with E-state index in [0.29, 0.717) is 34.4 Å². The molecule has 3 aromatic rings. The van der Waals surface area contributed by atoms with E-state index in [-0.39, 0.29) is 12.5 Å². The number of nitrogens with zero attached hydrogens (tertiary/aromatic N) is 3. The van der Waals surface area contributed by atoms with Gasteiger partial charge in [0.2, 0.25) is 0 Å². The molecule has 0 spiro atoms. The highest BCUT2D eigenvalue weighted by Gasteiger charge is 2.56. The maximum absolute atomic E-state index is 13.1. The number of carbonyl (C=O) groups is 1. The lowest BCUT2D eigenvalue weighted by molar-refractivity contribution is -0.215. The van der Waals surface area contributed by atoms with E-state index in [9.17, 15) is 18.7 Å². The Balaban J connectivity index is 1.31. The second kappa shape index (κ2) is 7.71. The number of aliphatic hydroxyl groups is 1. The second-order valence-corrected chi connectivity index (χ2v) is 8.81. The van der Waals surface area contributed by atoms with Crippen molar-refractivity contribution in [2.45, 2.75) is 30.9 Å². The number of hydrogen-bond donors (Lipinski definition) is 1. The number of anilines is 1. The highest BCUT2D eigenvalue weighted by atomic mass is 35.5. The van der Waals surface area contributed by atoms with Crippen molar-refractivity contribution in [3.05, 3.63) is 64.9 Å². The standard InChI is InChI=1S/C23H20ClF2N3O4/c1-32-19-8-17(6-7-18(19)33-13-22(31)11-23(25,26)12-22)28-9-14-10-29(27-20(14)21(28)30)16-4-2-15(24)3-5-16/h2-8,10,31H,9,11-13H2,1H3. The number of alkyl halides is 2. The molecule has 2 heterocycles. The molecule has 0 radical (unpaired) electrons. The van der Waals surface area contributed by atoms with E-state index in [2.05, 4.69) is 5.10 Å². The zero-order valence-corrected chi connectivity index (χ0v) is 18.4. The quantitative estimate of drug-likeness (QED) is 0.577. The van der Waals surface area contributed by atoms with Crippen LogP contribution in [0.2, 0.25) is 5.02 Å². The molecule has 1 amide bonds. The molecule has 1 saturated carbocycles. The molecular weight excluding hydrogens is 456 g/mol. The molecule has 0 saturated heterocycles. The van der Waals surface area contributed by atoms with Crippen LogP contribution in [0.1, 0.15) is 28.9 Å². The molecule has 2 aromatic carbocycles. The lowest BCUT2D eigenvalue weighted by Gasteiger charge is -2.42. The highest BCUT2D eigenvalue weighted by Crippen LogP contribution is 2.46. The third kappa shape index (κ3) is 4.02. The summed E-state index contributed by atoms with van der Waals surface area (Å²) in [4.78, 5) is 14.6. The van der Waals surface area contributed by atoms with Crippen molar-refractivity contribution < 1.29 is 28.2 Å². The van der Waals surface area contributed by atoms with Crippen molar-refractivity contribution in [3.8, 4) is 17.2 Å². The number of amides is 1. The Morgan fingerprint density at radius 3 is 2.45 bits per heavy atom. The smallest absolute Gasteiger partial charge is 0.279 e. The minimum atomic E-state index is -2.86. The molecule has 172 valence electrons. The van der Waals surface area contributed by atoms with Gasteiger partial charge in [-0.3, -0.25) is 4.79 Å². The van der Waals surface area contributed by atoms with Crippen molar-refractivity contribution in [1.29, 1.82) is 0 Å². The molecule has 0 bridgehead atoms. The Morgan fingerprint density at radius 1 is 1.12 bits per heavy atom. The predicted molar refractivity (Wildman–Crippen MR) is 117 cm³/mol. The van der Waals surface area contributed by atoms with E-state index in [0.717, 1.165) is 11.3 Å². The largest absolute Gasteiger partial charge is 0.493 e. The number of carbonyl (C=O) groups excluding carboxylic acids is 1. The van der Waals surface area contributed by atoms with Crippen molar-refractivity contribution >= 4 is 23.2 Å². The summed E-state index contributed by atoms with van der Waals surface area (Å²) in [6, 6.07) is 12.0. The van der Waals surface area contributed by atoms with Crippen molar-refractivity contribution in [2.24, 2.45) is 0 Å². The lowest BCUT2D eigenvalue weighted by atomic mass is 9.77. The monoisotopic (exact) mass is 475 g/mol. The molecule has 5 rings (SSSR count). The average molecular weight is 476 g/mol. The Bertz CT molecular complexity index is 1220. The number of aromatic nitrogens is 2. The van der Waals surface area contributed by atoms with Crippen LogP contribution in [-0.2, 0) is 6.54 Å². The number of halogens is 3.